The van der Waals surface area contributed by atoms with Gasteiger partial charge in [0.2, 0.25) is 33.7 Å². The Morgan fingerprint density at radius 2 is 1.64 bits per heavy atom. The van der Waals surface area contributed by atoms with Gasteiger partial charge in [-0.05, 0) is 56.6 Å². The Kier molecular flexibility index (Phi) is 16.5. The van der Waals surface area contributed by atoms with Crippen molar-refractivity contribution in [1.29, 1.82) is 0 Å². The van der Waals surface area contributed by atoms with Crippen molar-refractivity contribution in [3.63, 3.8) is 0 Å². The van der Waals surface area contributed by atoms with Crippen molar-refractivity contribution in [2.75, 3.05) is 19.7 Å². The summed E-state index contributed by atoms with van der Waals surface area (Å²) in [6.45, 7) is 6.22. The van der Waals surface area contributed by atoms with E-state index in [1.54, 1.807) is 25.1 Å². The van der Waals surface area contributed by atoms with Crippen LogP contribution in [0.15, 0.2) is 35.2 Å². The number of nitrogens with zero attached hydrogens (tertiary/aromatic N) is 1. The van der Waals surface area contributed by atoms with E-state index in [-0.39, 0.29) is 42.7 Å². The van der Waals surface area contributed by atoms with Gasteiger partial charge >= 0.3 is 6.09 Å². The number of hydrogen-bond acceptors (Lipinski definition) is 10. The number of carbonyl (C=O) groups is 6. The van der Waals surface area contributed by atoms with Crippen molar-refractivity contribution in [1.82, 2.24) is 30.9 Å². The number of amides is 6. The van der Waals surface area contributed by atoms with Gasteiger partial charge in [0.25, 0.3) is 5.91 Å². The van der Waals surface area contributed by atoms with Crippen molar-refractivity contribution in [2.45, 2.75) is 120 Å². The second-order valence-corrected chi connectivity index (χ2v) is 15.9. The van der Waals surface area contributed by atoms with Gasteiger partial charge in [-0.15, -0.1) is 0 Å². The van der Waals surface area contributed by atoms with Crippen molar-refractivity contribution in [3.8, 4) is 0 Å². The maximum Gasteiger partial charge on any atom is 0.407 e. The summed E-state index contributed by atoms with van der Waals surface area (Å²) >= 11 is 0. The monoisotopic (exact) mass is 765 g/mol. The number of carbonyl (C=O) groups excluding carboxylic acids is 6. The maximum absolute atomic E-state index is 14.5. The molecule has 2 fully saturated rings. The van der Waals surface area contributed by atoms with Crippen LogP contribution in [0.1, 0.15) is 79.1 Å². The predicted octanol–water partition coefficient (Wildman–Crippen LogP) is 0.0175. The van der Waals surface area contributed by atoms with E-state index in [0.717, 1.165) is 19.3 Å². The summed E-state index contributed by atoms with van der Waals surface area (Å²) in [5, 5.41) is 20.9. The first-order valence-electron chi connectivity index (χ1n) is 18.2. The van der Waals surface area contributed by atoms with Gasteiger partial charge in [0.05, 0.1) is 24.1 Å². The lowest BCUT2D eigenvalue weighted by molar-refractivity contribution is -0.142. The topological polar surface area (TPSA) is 255 Å². The van der Waals surface area contributed by atoms with Crippen LogP contribution in [0.5, 0.6) is 0 Å². The Bertz CT molecular complexity index is 1540. The molecule has 6 atom stereocenters. The van der Waals surface area contributed by atoms with Crippen molar-refractivity contribution in [2.24, 2.45) is 17.6 Å². The van der Waals surface area contributed by atoms with E-state index >= 15 is 0 Å². The molecule has 1 aliphatic carbocycles. The van der Waals surface area contributed by atoms with E-state index < -0.39 is 88.5 Å². The zero-order valence-corrected chi connectivity index (χ0v) is 31.7. The molecular weight excluding hydrogens is 710 g/mol. The van der Waals surface area contributed by atoms with E-state index in [4.69, 9.17) is 10.5 Å². The minimum absolute atomic E-state index is 0.00432. The van der Waals surface area contributed by atoms with Gasteiger partial charge in [-0.1, -0.05) is 64.7 Å². The van der Waals surface area contributed by atoms with E-state index in [2.05, 4.69) is 26.0 Å². The lowest BCUT2D eigenvalue weighted by Crippen LogP contribution is -2.58. The highest BCUT2D eigenvalue weighted by atomic mass is 32.2. The summed E-state index contributed by atoms with van der Waals surface area (Å²) < 4.78 is 34.6. The molecule has 8 N–H and O–H groups in total. The van der Waals surface area contributed by atoms with Gasteiger partial charge in [0, 0.05) is 12.6 Å². The molecule has 18 heteroatoms. The molecule has 1 saturated carbocycles. The maximum atomic E-state index is 14.5. The Hall–Kier alpha value is -4.29. The number of nitrogens with one attached hydrogen (secondary N) is 5. The van der Waals surface area contributed by atoms with E-state index in [0.29, 0.717) is 19.3 Å². The second kappa shape index (κ2) is 20.2. The molecule has 1 aromatic rings. The fraction of sp³-hybridized carbons (Fsp3) is 0.657. The van der Waals surface area contributed by atoms with Gasteiger partial charge in [0.1, 0.15) is 18.1 Å². The van der Waals surface area contributed by atoms with Gasteiger partial charge in [-0.3, -0.25) is 24.0 Å². The van der Waals surface area contributed by atoms with Crippen LogP contribution in [0.4, 0.5) is 4.79 Å². The molecule has 17 nitrogen and oxygen atoms in total. The number of rotatable bonds is 18. The molecule has 1 saturated heterocycles. The largest absolute Gasteiger partial charge is 0.449 e. The molecule has 296 valence electrons. The first-order chi connectivity index (χ1) is 25.0. The predicted molar refractivity (Wildman–Crippen MR) is 193 cm³/mol. The summed E-state index contributed by atoms with van der Waals surface area (Å²) in [7, 11) is -4.06. The molecule has 0 radical (unpaired) electrons. The molecule has 6 amide bonds. The van der Waals surface area contributed by atoms with Crippen LogP contribution < -0.4 is 31.7 Å². The highest BCUT2D eigenvalue weighted by molar-refractivity contribution is 7.89. The van der Waals surface area contributed by atoms with Crippen LogP contribution in [0, 0.1) is 11.8 Å². The van der Waals surface area contributed by atoms with Crippen molar-refractivity contribution in [3.05, 3.63) is 30.3 Å². The Balaban J connectivity index is 1.86. The lowest BCUT2D eigenvalue weighted by Gasteiger charge is -2.35. The molecule has 0 aromatic heterocycles. The summed E-state index contributed by atoms with van der Waals surface area (Å²) in [5.74, 6) is -4.02. The van der Waals surface area contributed by atoms with Crippen molar-refractivity contribution < 1.29 is 47.0 Å². The van der Waals surface area contributed by atoms with Crippen LogP contribution in [-0.2, 0) is 38.7 Å². The molecule has 0 spiro atoms. The Labute approximate surface area is 310 Å². The Morgan fingerprint density at radius 3 is 2.25 bits per heavy atom. The summed E-state index contributed by atoms with van der Waals surface area (Å²) in [4.78, 5) is 78.9. The number of hydrogen-bond donors (Lipinski definition) is 7. The van der Waals surface area contributed by atoms with Gasteiger partial charge < -0.3 is 41.7 Å². The third-order valence-corrected chi connectivity index (χ3v) is 10.8. The van der Waals surface area contributed by atoms with Crippen LogP contribution in [0.3, 0.4) is 0 Å². The third kappa shape index (κ3) is 13.0. The summed E-state index contributed by atoms with van der Waals surface area (Å²) in [6, 6.07) is 2.28. The SMILES string of the molecule is CCCC(NC(=O)C1C[C@@H](NS(=O)(=O)c2ccccc2)CN1C(=O)[C@@H](NC(=O)OCC(C)C)C1CCCCC1)[C@H](O)C(=O)NCC(=O)N[C@@H](C)C(N)=O. The average molecular weight is 766 g/mol. The zero-order chi connectivity index (χ0) is 39.3. The van der Waals surface area contributed by atoms with Crippen molar-refractivity contribution >= 4 is 45.7 Å². The van der Waals surface area contributed by atoms with Crippen LogP contribution >= 0.6 is 0 Å². The molecule has 1 aromatic carbocycles. The normalized spacial score (nSPS) is 20.1. The number of sulfonamides is 1. The van der Waals surface area contributed by atoms with Gasteiger partial charge in [-0.2, -0.15) is 0 Å². The number of benzene rings is 1. The number of aliphatic hydroxyl groups is 1. The molecular formula is C35H55N7O10S. The van der Waals surface area contributed by atoms with Crippen LogP contribution in [0.2, 0.25) is 0 Å². The number of primary amides is 1. The van der Waals surface area contributed by atoms with Crippen LogP contribution in [-0.4, -0.2) is 110 Å². The van der Waals surface area contributed by atoms with E-state index in [1.807, 2.05) is 13.8 Å². The summed E-state index contributed by atoms with van der Waals surface area (Å²) in [6.07, 6.45) is 1.76. The van der Waals surface area contributed by atoms with Gasteiger partial charge in [-0.25, -0.2) is 17.9 Å². The van der Waals surface area contributed by atoms with Crippen LogP contribution in [0.25, 0.3) is 0 Å². The first-order valence-corrected chi connectivity index (χ1v) is 19.7. The highest BCUT2D eigenvalue weighted by Gasteiger charge is 2.46. The van der Waals surface area contributed by atoms with E-state index in [1.165, 1.54) is 24.0 Å². The first kappa shape index (κ1) is 43.1. The number of likely N-dealkylation sites (tertiary alicyclic amines) is 1. The second-order valence-electron chi connectivity index (χ2n) is 14.1. The van der Waals surface area contributed by atoms with Gasteiger partial charge in [0.15, 0.2) is 6.10 Å². The lowest BCUT2D eigenvalue weighted by atomic mass is 9.83. The third-order valence-electron chi connectivity index (χ3n) is 9.28. The number of alkyl carbamates (subject to hydrolysis) is 1. The number of nitrogens with two attached hydrogens (primary N) is 1. The smallest absolute Gasteiger partial charge is 0.407 e. The van der Waals surface area contributed by atoms with E-state index in [9.17, 15) is 42.3 Å². The molecule has 2 unspecified atom stereocenters. The fourth-order valence-electron chi connectivity index (χ4n) is 6.46. The summed E-state index contributed by atoms with van der Waals surface area (Å²) in [5.41, 5.74) is 5.15. The molecule has 2 aliphatic rings. The molecule has 3 rings (SSSR count). The average Bonchev–Trinajstić information content (AvgIpc) is 3.55. The number of aliphatic hydroxyl groups excluding tert-OH is 1. The fourth-order valence-corrected chi connectivity index (χ4v) is 7.72. The molecule has 1 aliphatic heterocycles. The zero-order valence-electron chi connectivity index (χ0n) is 30.8. The number of ether oxygens (including phenoxy) is 1. The molecule has 53 heavy (non-hydrogen) atoms. The standard InChI is InChI=1S/C35H55N7O10S/c1-5-12-26(30(44)33(47)37-18-28(43)38-22(4)31(36)45)39-32(46)27-17-24(41-53(50,51)25-15-10-7-11-16-25)19-42(27)34(48)29(23-13-8-6-9-14-23)40-35(49)52-20-21(2)3/h7,10-11,15-16,21-24,26-27,29-30,41,44H,5-6,8-9,12-14,17-20H2,1-4H3,(H2,36,45)(H,37,47)(H,38,43)(H,39,46)(H,40,49)/t22-,24+,26?,27?,29-,30-/m0/s1. The minimum atomic E-state index is -4.06. The quantitative estimate of drug-likeness (QED) is 0.105. The molecule has 0 bridgehead atoms. The highest BCUT2D eigenvalue weighted by Crippen LogP contribution is 2.30. The minimum Gasteiger partial charge on any atom is -0.449 e. The molecule has 1 heterocycles. The Morgan fingerprint density at radius 1 is 0.981 bits per heavy atom.